The van der Waals surface area contributed by atoms with Crippen LogP contribution in [-0.2, 0) is 9.59 Å². The van der Waals surface area contributed by atoms with Crippen molar-refractivity contribution < 1.29 is 14.0 Å². The van der Waals surface area contributed by atoms with E-state index in [0.29, 0.717) is 47.7 Å². The molecule has 154 valence electrons. The van der Waals surface area contributed by atoms with E-state index in [1.807, 2.05) is 6.92 Å². The van der Waals surface area contributed by atoms with Gasteiger partial charge >= 0.3 is 0 Å². The Bertz CT molecular complexity index is 916. The van der Waals surface area contributed by atoms with Crippen molar-refractivity contribution in [2.45, 2.75) is 26.7 Å². The minimum absolute atomic E-state index is 0.0279. The highest BCUT2D eigenvalue weighted by Crippen LogP contribution is 2.25. The summed E-state index contributed by atoms with van der Waals surface area (Å²) in [4.78, 5) is 25.4. The Hall–Kier alpha value is -2.67. The SMILES string of the molecule is CC(=O)NCC1CCN(C(=O)C=Cc2c(C)nn(-c3ccc(F)cc3)c2Cl)CC1. The lowest BCUT2D eigenvalue weighted by Crippen LogP contribution is -2.40. The summed E-state index contributed by atoms with van der Waals surface area (Å²) in [7, 11) is 0. The van der Waals surface area contributed by atoms with E-state index in [-0.39, 0.29) is 17.6 Å². The van der Waals surface area contributed by atoms with Gasteiger partial charge in [0.2, 0.25) is 11.8 Å². The molecule has 29 heavy (non-hydrogen) atoms. The van der Waals surface area contributed by atoms with Gasteiger partial charge in [0.1, 0.15) is 11.0 Å². The molecule has 2 heterocycles. The van der Waals surface area contributed by atoms with Crippen LogP contribution in [0.5, 0.6) is 0 Å². The number of likely N-dealkylation sites (tertiary alicyclic amines) is 1. The third-order valence-corrected chi connectivity index (χ3v) is 5.44. The summed E-state index contributed by atoms with van der Waals surface area (Å²) < 4.78 is 14.7. The van der Waals surface area contributed by atoms with E-state index < -0.39 is 0 Å². The summed E-state index contributed by atoms with van der Waals surface area (Å²) in [5, 5.41) is 7.60. The molecule has 0 atom stereocenters. The minimum atomic E-state index is -0.333. The van der Waals surface area contributed by atoms with Crippen LogP contribution in [0.25, 0.3) is 11.8 Å². The van der Waals surface area contributed by atoms with Crippen LogP contribution in [-0.4, -0.2) is 46.1 Å². The molecule has 1 aromatic heterocycles. The maximum Gasteiger partial charge on any atom is 0.246 e. The second-order valence-electron chi connectivity index (χ2n) is 7.22. The summed E-state index contributed by atoms with van der Waals surface area (Å²) in [6, 6.07) is 5.88. The average molecular weight is 419 g/mol. The highest BCUT2D eigenvalue weighted by molar-refractivity contribution is 6.31. The number of carbonyl (C=O) groups is 2. The Morgan fingerprint density at radius 3 is 2.55 bits per heavy atom. The van der Waals surface area contributed by atoms with Crippen molar-refractivity contribution >= 4 is 29.5 Å². The molecule has 1 aliphatic heterocycles. The second-order valence-corrected chi connectivity index (χ2v) is 7.58. The monoisotopic (exact) mass is 418 g/mol. The van der Waals surface area contributed by atoms with E-state index in [2.05, 4.69) is 10.4 Å². The zero-order valence-electron chi connectivity index (χ0n) is 16.5. The first-order valence-corrected chi connectivity index (χ1v) is 9.95. The lowest BCUT2D eigenvalue weighted by Gasteiger charge is -2.31. The summed E-state index contributed by atoms with van der Waals surface area (Å²) >= 11 is 6.45. The van der Waals surface area contributed by atoms with E-state index >= 15 is 0 Å². The number of nitrogens with zero attached hydrogens (tertiary/aromatic N) is 3. The number of amides is 2. The minimum Gasteiger partial charge on any atom is -0.356 e. The maximum atomic E-state index is 13.1. The number of carbonyl (C=O) groups excluding carboxylic acids is 2. The normalized spacial score (nSPS) is 15.1. The molecule has 0 aliphatic carbocycles. The molecule has 8 heteroatoms. The maximum absolute atomic E-state index is 13.1. The van der Waals surface area contributed by atoms with Gasteiger partial charge in [0, 0.05) is 38.2 Å². The van der Waals surface area contributed by atoms with Crippen molar-refractivity contribution in [3.05, 3.63) is 52.6 Å². The molecular weight excluding hydrogens is 395 g/mol. The molecule has 0 saturated carbocycles. The van der Waals surface area contributed by atoms with Crippen LogP contribution in [0.3, 0.4) is 0 Å². The molecule has 1 aromatic carbocycles. The third kappa shape index (κ3) is 5.23. The fourth-order valence-electron chi connectivity index (χ4n) is 3.36. The van der Waals surface area contributed by atoms with E-state index in [4.69, 9.17) is 11.6 Å². The molecule has 6 nitrogen and oxygen atoms in total. The fourth-order valence-corrected chi connectivity index (χ4v) is 3.69. The van der Waals surface area contributed by atoms with Gasteiger partial charge in [0.25, 0.3) is 0 Å². The second kappa shape index (κ2) is 9.22. The van der Waals surface area contributed by atoms with E-state index in [1.54, 1.807) is 23.1 Å². The lowest BCUT2D eigenvalue weighted by molar-refractivity contribution is -0.127. The summed E-state index contributed by atoms with van der Waals surface area (Å²) in [6.45, 7) is 5.30. The molecule has 1 saturated heterocycles. The van der Waals surface area contributed by atoms with Crippen molar-refractivity contribution in [2.75, 3.05) is 19.6 Å². The Morgan fingerprint density at radius 2 is 1.93 bits per heavy atom. The molecule has 0 unspecified atom stereocenters. The van der Waals surface area contributed by atoms with Crippen molar-refractivity contribution in [1.82, 2.24) is 20.0 Å². The van der Waals surface area contributed by atoms with Gasteiger partial charge in [-0.3, -0.25) is 9.59 Å². The molecular formula is C21H24ClFN4O2. The van der Waals surface area contributed by atoms with Gasteiger partial charge in [0.15, 0.2) is 0 Å². The first kappa shape index (κ1) is 21.0. The van der Waals surface area contributed by atoms with Crippen LogP contribution in [0.1, 0.15) is 31.0 Å². The molecule has 0 bridgehead atoms. The van der Waals surface area contributed by atoms with E-state index in [1.165, 1.54) is 29.8 Å². The Morgan fingerprint density at radius 1 is 1.28 bits per heavy atom. The number of hydrogen-bond donors (Lipinski definition) is 1. The van der Waals surface area contributed by atoms with Crippen LogP contribution in [0, 0.1) is 18.7 Å². The summed E-state index contributed by atoms with van der Waals surface area (Å²) in [6.07, 6.45) is 4.92. The highest BCUT2D eigenvalue weighted by atomic mass is 35.5. The number of rotatable bonds is 5. The Kier molecular flexibility index (Phi) is 6.69. The fraction of sp³-hybridized carbons (Fsp3) is 0.381. The first-order valence-electron chi connectivity index (χ1n) is 9.57. The number of benzene rings is 1. The number of aryl methyl sites for hydroxylation is 1. The highest BCUT2D eigenvalue weighted by Gasteiger charge is 2.22. The van der Waals surface area contributed by atoms with Gasteiger partial charge in [-0.25, -0.2) is 9.07 Å². The first-order chi connectivity index (χ1) is 13.8. The molecule has 1 N–H and O–H groups in total. The van der Waals surface area contributed by atoms with Crippen molar-refractivity contribution in [2.24, 2.45) is 5.92 Å². The Labute approximate surface area is 174 Å². The average Bonchev–Trinajstić information content (AvgIpc) is 2.99. The van der Waals surface area contributed by atoms with Crippen LogP contribution in [0.4, 0.5) is 4.39 Å². The number of hydrogen-bond acceptors (Lipinski definition) is 3. The molecule has 2 aromatic rings. The quantitative estimate of drug-likeness (QED) is 0.757. The van der Waals surface area contributed by atoms with Crippen molar-refractivity contribution in [3.8, 4) is 5.69 Å². The van der Waals surface area contributed by atoms with Crippen molar-refractivity contribution in [3.63, 3.8) is 0 Å². The molecule has 1 fully saturated rings. The molecule has 2 amide bonds. The van der Waals surface area contributed by atoms with Gasteiger partial charge in [-0.05, 0) is 56.0 Å². The predicted molar refractivity (Wildman–Crippen MR) is 110 cm³/mol. The number of aromatic nitrogens is 2. The molecule has 0 spiro atoms. The largest absolute Gasteiger partial charge is 0.356 e. The summed E-state index contributed by atoms with van der Waals surface area (Å²) in [5.74, 6) is -0.0364. The lowest BCUT2D eigenvalue weighted by atomic mass is 9.96. The summed E-state index contributed by atoms with van der Waals surface area (Å²) in [5.41, 5.74) is 1.98. The zero-order valence-corrected chi connectivity index (χ0v) is 17.2. The molecule has 0 radical (unpaired) electrons. The topological polar surface area (TPSA) is 67.2 Å². The van der Waals surface area contributed by atoms with Crippen molar-refractivity contribution in [1.29, 1.82) is 0 Å². The van der Waals surface area contributed by atoms with Gasteiger partial charge < -0.3 is 10.2 Å². The van der Waals surface area contributed by atoms with E-state index in [0.717, 1.165) is 12.8 Å². The van der Waals surface area contributed by atoms with Crippen LogP contribution in [0.15, 0.2) is 30.3 Å². The van der Waals surface area contributed by atoms with Crippen LogP contribution in [0.2, 0.25) is 5.15 Å². The zero-order chi connectivity index (χ0) is 21.0. The number of halogens is 2. The Balaban J connectivity index is 1.64. The molecule has 1 aliphatic rings. The van der Waals surface area contributed by atoms with Crippen LogP contribution < -0.4 is 5.32 Å². The van der Waals surface area contributed by atoms with Gasteiger partial charge in [-0.2, -0.15) is 5.10 Å². The van der Waals surface area contributed by atoms with Gasteiger partial charge in [0.05, 0.1) is 11.4 Å². The number of nitrogens with one attached hydrogen (secondary N) is 1. The number of piperidine rings is 1. The predicted octanol–water partition coefficient (Wildman–Crippen LogP) is 3.36. The molecule has 3 rings (SSSR count). The van der Waals surface area contributed by atoms with Crippen LogP contribution >= 0.6 is 11.6 Å². The van der Waals surface area contributed by atoms with E-state index in [9.17, 15) is 14.0 Å². The standard InChI is InChI=1S/C21H24ClFN4O2/c1-14-19(21(22)27(25-14)18-5-3-17(23)4-6-18)7-8-20(29)26-11-9-16(10-12-26)13-24-15(2)28/h3-8,16H,9-13H2,1-2H3,(H,24,28). The third-order valence-electron chi connectivity index (χ3n) is 5.08. The van der Waals surface area contributed by atoms with Gasteiger partial charge in [-0.1, -0.05) is 11.6 Å². The smallest absolute Gasteiger partial charge is 0.246 e. The van der Waals surface area contributed by atoms with Gasteiger partial charge in [-0.15, -0.1) is 0 Å².